The zero-order valence-corrected chi connectivity index (χ0v) is 10.5. The SMILES string of the molecule is COC(=O)c1ccc(C(=O)c2cccc(OC)c2)o1. The number of furan rings is 1. The molecule has 2 rings (SSSR count). The molecule has 0 aliphatic heterocycles. The second-order valence-electron chi connectivity index (χ2n) is 3.72. The van der Waals surface area contributed by atoms with Gasteiger partial charge in [0.15, 0.2) is 5.76 Å². The van der Waals surface area contributed by atoms with Crippen molar-refractivity contribution >= 4 is 11.8 Å². The second-order valence-corrected chi connectivity index (χ2v) is 3.72. The van der Waals surface area contributed by atoms with Gasteiger partial charge in [0.25, 0.3) is 0 Å². The lowest BCUT2D eigenvalue weighted by molar-refractivity contribution is 0.0563. The average Bonchev–Trinajstić information content (AvgIpc) is 2.95. The van der Waals surface area contributed by atoms with Crippen LogP contribution in [0.25, 0.3) is 0 Å². The molecule has 0 saturated carbocycles. The number of hydrogen-bond acceptors (Lipinski definition) is 5. The number of carbonyl (C=O) groups excluding carboxylic acids is 2. The number of carbonyl (C=O) groups is 2. The maximum atomic E-state index is 12.1. The van der Waals surface area contributed by atoms with Crippen LogP contribution < -0.4 is 4.74 Å². The molecule has 1 aromatic heterocycles. The summed E-state index contributed by atoms with van der Waals surface area (Å²) in [5.74, 6) is -0.299. The van der Waals surface area contributed by atoms with Crippen molar-refractivity contribution in [3.05, 3.63) is 53.5 Å². The third kappa shape index (κ3) is 2.65. The number of methoxy groups -OCH3 is 2. The Kier molecular flexibility index (Phi) is 3.66. The molecule has 98 valence electrons. The maximum absolute atomic E-state index is 12.1. The topological polar surface area (TPSA) is 65.7 Å². The zero-order chi connectivity index (χ0) is 13.8. The summed E-state index contributed by atoms with van der Waals surface area (Å²) in [5.41, 5.74) is 0.421. The molecule has 1 aromatic carbocycles. The van der Waals surface area contributed by atoms with Crippen molar-refractivity contribution in [2.24, 2.45) is 0 Å². The van der Waals surface area contributed by atoms with Gasteiger partial charge in [0.2, 0.25) is 11.5 Å². The van der Waals surface area contributed by atoms with Crippen LogP contribution in [0.2, 0.25) is 0 Å². The fourth-order valence-electron chi connectivity index (χ4n) is 1.58. The van der Waals surface area contributed by atoms with Crippen molar-refractivity contribution in [1.82, 2.24) is 0 Å². The summed E-state index contributed by atoms with van der Waals surface area (Å²) in [4.78, 5) is 23.4. The first kappa shape index (κ1) is 12.9. The lowest BCUT2D eigenvalue weighted by Gasteiger charge is -2.02. The van der Waals surface area contributed by atoms with E-state index in [9.17, 15) is 9.59 Å². The van der Waals surface area contributed by atoms with Crippen LogP contribution in [0.5, 0.6) is 5.75 Å². The first-order valence-electron chi connectivity index (χ1n) is 5.52. The summed E-state index contributed by atoms with van der Waals surface area (Å²) in [5, 5.41) is 0. The van der Waals surface area contributed by atoms with E-state index in [1.807, 2.05) is 0 Å². The van der Waals surface area contributed by atoms with Gasteiger partial charge in [-0.15, -0.1) is 0 Å². The Hall–Kier alpha value is -2.56. The van der Waals surface area contributed by atoms with Gasteiger partial charge < -0.3 is 13.9 Å². The largest absolute Gasteiger partial charge is 0.497 e. The molecule has 0 spiro atoms. The van der Waals surface area contributed by atoms with Crippen LogP contribution in [0.15, 0.2) is 40.8 Å². The molecule has 0 aliphatic carbocycles. The van der Waals surface area contributed by atoms with E-state index < -0.39 is 5.97 Å². The summed E-state index contributed by atoms with van der Waals surface area (Å²) in [6.45, 7) is 0. The molecule has 2 aromatic rings. The quantitative estimate of drug-likeness (QED) is 0.623. The third-order valence-corrected chi connectivity index (χ3v) is 2.55. The van der Waals surface area contributed by atoms with Gasteiger partial charge in [0, 0.05) is 5.56 Å². The monoisotopic (exact) mass is 260 g/mol. The number of ketones is 1. The predicted molar refractivity (Wildman–Crippen MR) is 66.5 cm³/mol. The number of rotatable bonds is 4. The number of ether oxygens (including phenoxy) is 2. The summed E-state index contributed by atoms with van der Waals surface area (Å²) in [6, 6.07) is 9.52. The highest BCUT2D eigenvalue weighted by atomic mass is 16.5. The lowest BCUT2D eigenvalue weighted by atomic mass is 10.1. The minimum Gasteiger partial charge on any atom is -0.497 e. The maximum Gasteiger partial charge on any atom is 0.373 e. The van der Waals surface area contributed by atoms with E-state index in [1.165, 1.54) is 26.4 Å². The van der Waals surface area contributed by atoms with Crippen molar-refractivity contribution in [3.8, 4) is 5.75 Å². The molecular weight excluding hydrogens is 248 g/mol. The van der Waals surface area contributed by atoms with Crippen molar-refractivity contribution in [3.63, 3.8) is 0 Å². The van der Waals surface area contributed by atoms with Crippen LogP contribution in [0.4, 0.5) is 0 Å². The van der Waals surface area contributed by atoms with Gasteiger partial charge >= 0.3 is 5.97 Å². The molecule has 0 N–H and O–H groups in total. The molecule has 1 heterocycles. The molecule has 0 fully saturated rings. The molecule has 5 nitrogen and oxygen atoms in total. The minimum atomic E-state index is -0.621. The molecule has 0 atom stereocenters. The molecule has 0 aliphatic rings. The Morgan fingerprint density at radius 1 is 1.05 bits per heavy atom. The van der Waals surface area contributed by atoms with E-state index in [1.54, 1.807) is 24.3 Å². The molecule has 0 bridgehead atoms. The van der Waals surface area contributed by atoms with Crippen LogP contribution in [-0.2, 0) is 4.74 Å². The highest BCUT2D eigenvalue weighted by molar-refractivity contribution is 6.07. The molecule has 5 heteroatoms. The van der Waals surface area contributed by atoms with E-state index in [0.29, 0.717) is 11.3 Å². The summed E-state index contributed by atoms with van der Waals surface area (Å²) >= 11 is 0. The van der Waals surface area contributed by atoms with Crippen LogP contribution in [-0.4, -0.2) is 26.0 Å². The van der Waals surface area contributed by atoms with Crippen molar-refractivity contribution in [1.29, 1.82) is 0 Å². The second kappa shape index (κ2) is 5.39. The summed E-state index contributed by atoms with van der Waals surface area (Å²) in [7, 11) is 2.76. The van der Waals surface area contributed by atoms with E-state index in [2.05, 4.69) is 4.74 Å². The summed E-state index contributed by atoms with van der Waals surface area (Å²) in [6.07, 6.45) is 0. The Bertz CT molecular complexity index is 612. The van der Waals surface area contributed by atoms with Crippen molar-refractivity contribution < 1.29 is 23.5 Å². The Labute approximate surface area is 109 Å². The van der Waals surface area contributed by atoms with Crippen molar-refractivity contribution in [2.45, 2.75) is 0 Å². The predicted octanol–water partition coefficient (Wildman–Crippen LogP) is 2.31. The van der Waals surface area contributed by atoms with Gasteiger partial charge in [0.05, 0.1) is 14.2 Å². The molecule has 19 heavy (non-hydrogen) atoms. The normalized spacial score (nSPS) is 10.0. The first-order chi connectivity index (χ1) is 9.15. The third-order valence-electron chi connectivity index (χ3n) is 2.55. The smallest absolute Gasteiger partial charge is 0.373 e. The van der Waals surface area contributed by atoms with Gasteiger partial charge in [-0.2, -0.15) is 0 Å². The fourth-order valence-corrected chi connectivity index (χ4v) is 1.58. The van der Waals surface area contributed by atoms with Gasteiger partial charge in [0.1, 0.15) is 5.75 Å². The van der Waals surface area contributed by atoms with Gasteiger partial charge in [-0.1, -0.05) is 12.1 Å². The summed E-state index contributed by atoms with van der Waals surface area (Å²) < 4.78 is 14.7. The van der Waals surface area contributed by atoms with Gasteiger partial charge in [-0.3, -0.25) is 4.79 Å². The highest BCUT2D eigenvalue weighted by Crippen LogP contribution is 2.18. The highest BCUT2D eigenvalue weighted by Gasteiger charge is 2.17. The standard InChI is InChI=1S/C14H12O5/c1-17-10-5-3-4-9(8-10)13(15)11-6-7-12(19-11)14(16)18-2/h3-8H,1-2H3. The van der Waals surface area contributed by atoms with Gasteiger partial charge in [-0.25, -0.2) is 4.79 Å². The van der Waals surface area contributed by atoms with Crippen LogP contribution in [0.1, 0.15) is 26.7 Å². The van der Waals surface area contributed by atoms with Crippen LogP contribution in [0.3, 0.4) is 0 Å². The molecule has 0 radical (unpaired) electrons. The van der Waals surface area contributed by atoms with E-state index >= 15 is 0 Å². The van der Waals surface area contributed by atoms with E-state index in [0.717, 1.165) is 0 Å². The van der Waals surface area contributed by atoms with Crippen LogP contribution in [0, 0.1) is 0 Å². The Balaban J connectivity index is 2.28. The zero-order valence-electron chi connectivity index (χ0n) is 10.5. The van der Waals surface area contributed by atoms with Crippen LogP contribution >= 0.6 is 0 Å². The number of benzene rings is 1. The number of esters is 1. The molecule has 0 saturated heterocycles. The molecule has 0 amide bonds. The van der Waals surface area contributed by atoms with Crippen molar-refractivity contribution in [2.75, 3.05) is 14.2 Å². The van der Waals surface area contributed by atoms with Gasteiger partial charge in [-0.05, 0) is 24.3 Å². The minimum absolute atomic E-state index is 0.00579. The molecular formula is C14H12O5. The average molecular weight is 260 g/mol. The fraction of sp³-hybridized carbons (Fsp3) is 0.143. The van der Waals surface area contributed by atoms with E-state index in [4.69, 9.17) is 9.15 Å². The lowest BCUT2D eigenvalue weighted by Crippen LogP contribution is -2.01. The number of hydrogen-bond donors (Lipinski definition) is 0. The Morgan fingerprint density at radius 2 is 1.79 bits per heavy atom. The van der Waals surface area contributed by atoms with E-state index in [-0.39, 0.29) is 17.3 Å². The first-order valence-corrected chi connectivity index (χ1v) is 5.52. The molecule has 0 unspecified atom stereocenters. The Morgan fingerprint density at radius 3 is 2.47 bits per heavy atom.